The van der Waals surface area contributed by atoms with E-state index in [-0.39, 0.29) is 49.9 Å². The number of hydrogen-bond acceptors (Lipinski definition) is 13. The highest BCUT2D eigenvalue weighted by molar-refractivity contribution is 5.98. The van der Waals surface area contributed by atoms with Crippen LogP contribution in [0.4, 0.5) is 0 Å². The number of hydrogen-bond donors (Lipinski definition) is 6. The van der Waals surface area contributed by atoms with E-state index in [0.717, 1.165) is 24.5 Å². The van der Waals surface area contributed by atoms with Crippen molar-refractivity contribution in [1.82, 2.24) is 55.6 Å². The maximum Gasteiger partial charge on any atom is 0.381 e. The highest BCUT2D eigenvalue weighted by Gasteiger charge is 2.40. The van der Waals surface area contributed by atoms with Crippen molar-refractivity contribution in [2.24, 2.45) is 29.6 Å². The van der Waals surface area contributed by atoms with E-state index in [4.69, 9.17) is 5.11 Å². The number of carbonyl (C=O) groups excluding carboxylic acids is 11. The van der Waals surface area contributed by atoms with Crippen LogP contribution in [-0.4, -0.2) is 239 Å². The molecule has 0 aromatic heterocycles. The number of carboxylic acid groups (broad SMARTS) is 1. The summed E-state index contributed by atoms with van der Waals surface area (Å²) in [5.41, 5.74) is 0. The predicted molar refractivity (Wildman–Crippen MR) is 292 cm³/mol. The van der Waals surface area contributed by atoms with Gasteiger partial charge in [0.25, 0.3) is 0 Å². The maximum atomic E-state index is 14.6. The average molecular weight is 1120 g/mol. The van der Waals surface area contributed by atoms with Gasteiger partial charge in [0.2, 0.25) is 65.0 Å². The van der Waals surface area contributed by atoms with Crippen molar-refractivity contribution in [1.29, 1.82) is 0 Å². The van der Waals surface area contributed by atoms with Gasteiger partial charge in [-0.25, -0.2) is 4.79 Å². The normalized spacial score (nSPS) is 24.7. The highest BCUT2D eigenvalue weighted by atomic mass is 16.4. The smallest absolute Gasteiger partial charge is 0.381 e. The molecular formula is C54H91N11O14. The molecule has 0 aromatic carbocycles. The van der Waals surface area contributed by atoms with Gasteiger partial charge in [0.15, 0.2) is 0 Å². The summed E-state index contributed by atoms with van der Waals surface area (Å²) in [6, 6.07) is -8.37. The lowest BCUT2D eigenvalue weighted by Crippen LogP contribution is -2.59. The first-order chi connectivity index (χ1) is 36.4. The molecule has 25 heteroatoms. The minimum Gasteiger partial charge on any atom is -0.472 e. The van der Waals surface area contributed by atoms with Crippen molar-refractivity contribution in [3.63, 3.8) is 0 Å². The molecule has 6 N–H and O–H groups in total. The zero-order chi connectivity index (χ0) is 61.1. The largest absolute Gasteiger partial charge is 0.472 e. The lowest BCUT2D eigenvalue weighted by Gasteiger charge is -2.38. The molecule has 25 nitrogen and oxygen atoms in total. The number of carboxylic acids is 1. The predicted octanol–water partition coefficient (Wildman–Crippen LogP) is -1.05. The van der Waals surface area contributed by atoms with Gasteiger partial charge in [-0.05, 0) is 75.5 Å². The fourth-order valence-corrected chi connectivity index (χ4v) is 8.84. The van der Waals surface area contributed by atoms with Crippen molar-refractivity contribution in [2.45, 2.75) is 157 Å². The van der Waals surface area contributed by atoms with E-state index in [2.05, 4.69) is 27.2 Å². The van der Waals surface area contributed by atoms with Gasteiger partial charge in [0.05, 0.1) is 26.2 Å². The fraction of sp³-hybridized carbons (Fsp3) is 0.741. The van der Waals surface area contributed by atoms with E-state index in [1.165, 1.54) is 73.0 Å². The molecule has 1 aliphatic rings. The molecular weight excluding hydrogens is 1030 g/mol. The Bertz CT molecular complexity index is 2260. The second-order valence-corrected chi connectivity index (χ2v) is 22.6. The number of nitrogens with zero attached hydrogens (tertiary/aromatic N) is 7. The standard InChI is InChI=1S/C54H91N11O14/c1-30(2)21-38-50(75)58-47(33(7)8)54(79)60(13)27-42(67)56-35(10)48(73)57-36(11)51(76)64(17)41(23-32(5)6)53(78)65(18)40(22-31(3)4)52(77)61(14)29-45(70)63(16)39(25-34(9)24-37(66)19-20-46(71)72)49(74)55-26-43(68)59(12)28-44(69)62(38)15/h30-41,47,66H,21-29H2,1-18H3,(H,55,74)(H,56,67)(H,57,73)(H,58,75)(H,71,72). The molecule has 0 saturated carbocycles. The summed E-state index contributed by atoms with van der Waals surface area (Å²) in [6.45, 7) is 16.4. The summed E-state index contributed by atoms with van der Waals surface area (Å²) >= 11 is 0. The summed E-state index contributed by atoms with van der Waals surface area (Å²) in [7, 11) is 9.49. The molecule has 11 amide bonds. The van der Waals surface area contributed by atoms with Gasteiger partial charge in [-0.3, -0.25) is 52.7 Å². The van der Waals surface area contributed by atoms with Crippen molar-refractivity contribution in [3.8, 4) is 11.8 Å². The Morgan fingerprint density at radius 1 is 0.519 bits per heavy atom. The van der Waals surface area contributed by atoms with Crippen LogP contribution in [0.5, 0.6) is 0 Å². The summed E-state index contributed by atoms with van der Waals surface area (Å²) in [6.07, 6.45) is -1.26. The van der Waals surface area contributed by atoms with E-state index in [0.29, 0.717) is 0 Å². The van der Waals surface area contributed by atoms with Gasteiger partial charge in [-0.15, -0.1) is 0 Å². The Morgan fingerprint density at radius 3 is 1.47 bits per heavy atom. The number of carbonyl (C=O) groups is 12. The topological polar surface area (TPSA) is 316 Å². The second kappa shape index (κ2) is 32.3. The van der Waals surface area contributed by atoms with Crippen LogP contribution in [0.1, 0.15) is 108 Å². The second-order valence-electron chi connectivity index (χ2n) is 22.6. The quantitative estimate of drug-likeness (QED) is 0.135. The third-order valence-corrected chi connectivity index (χ3v) is 13.7. The molecule has 0 bridgehead atoms. The number of aliphatic hydroxyl groups excluding tert-OH is 1. The maximum absolute atomic E-state index is 14.6. The van der Waals surface area contributed by atoms with Crippen LogP contribution in [0.2, 0.25) is 0 Å². The summed E-state index contributed by atoms with van der Waals surface area (Å²) in [4.78, 5) is 172. The molecule has 1 saturated heterocycles. The molecule has 0 spiro atoms. The molecule has 1 fully saturated rings. The Morgan fingerprint density at radius 2 is 0.975 bits per heavy atom. The lowest BCUT2D eigenvalue weighted by molar-refractivity contribution is -0.152. The van der Waals surface area contributed by atoms with Crippen LogP contribution in [-0.2, 0) is 57.5 Å². The minimum absolute atomic E-state index is 0.121. The molecule has 1 heterocycles. The average Bonchev–Trinajstić information content (AvgIpc) is 3.35. The van der Waals surface area contributed by atoms with E-state index in [1.807, 2.05) is 47.5 Å². The molecule has 446 valence electrons. The highest BCUT2D eigenvalue weighted by Crippen LogP contribution is 2.22. The summed E-state index contributed by atoms with van der Waals surface area (Å²) in [5.74, 6) is -6.69. The Labute approximate surface area is 466 Å². The van der Waals surface area contributed by atoms with Gasteiger partial charge in [-0.2, -0.15) is 0 Å². The molecule has 1 aliphatic heterocycles. The van der Waals surface area contributed by atoms with Crippen LogP contribution >= 0.6 is 0 Å². The van der Waals surface area contributed by atoms with Crippen molar-refractivity contribution < 1.29 is 67.7 Å². The summed E-state index contributed by atoms with van der Waals surface area (Å²) in [5, 5.41) is 29.8. The third kappa shape index (κ3) is 22.4. The zero-order valence-corrected chi connectivity index (χ0v) is 49.8. The SMILES string of the molecule is CC(C)CC1C(=O)NC(C(C)C)C(=O)N(C)CC(=O)NC(C)C(=O)NC(C)C(=O)N(C)C(CC(C)C)C(=O)N(C)C(CC(C)C)C(=O)N(C)CC(=O)N(C)C(CC(C)CC(O)C#CC(=O)O)C(=O)NCC(=O)N(C)CC(=O)N1C. The molecule has 9 unspecified atom stereocenters. The molecule has 0 aliphatic carbocycles. The fourth-order valence-electron chi connectivity index (χ4n) is 8.84. The molecule has 0 aromatic rings. The van der Waals surface area contributed by atoms with Crippen LogP contribution in [0.15, 0.2) is 0 Å². The molecule has 9 atom stereocenters. The van der Waals surface area contributed by atoms with Crippen LogP contribution < -0.4 is 21.3 Å². The van der Waals surface area contributed by atoms with Gasteiger partial charge in [-0.1, -0.05) is 68.2 Å². The van der Waals surface area contributed by atoms with Crippen LogP contribution in [0.3, 0.4) is 0 Å². The molecule has 79 heavy (non-hydrogen) atoms. The van der Waals surface area contributed by atoms with Crippen molar-refractivity contribution >= 4 is 70.9 Å². The van der Waals surface area contributed by atoms with Gasteiger partial charge in [0, 0.05) is 55.3 Å². The van der Waals surface area contributed by atoms with Crippen molar-refractivity contribution in [3.05, 3.63) is 0 Å². The van der Waals surface area contributed by atoms with Gasteiger partial charge >= 0.3 is 5.97 Å². The Hall–Kier alpha value is -6.84. The number of likely N-dealkylation sites (N-methyl/N-ethyl adjacent to an activating group) is 7. The number of amides is 11. The van der Waals surface area contributed by atoms with E-state index in [9.17, 15) is 62.6 Å². The van der Waals surface area contributed by atoms with E-state index < -0.39 is 157 Å². The van der Waals surface area contributed by atoms with Crippen LogP contribution in [0.25, 0.3) is 0 Å². The molecule has 0 radical (unpaired) electrons. The number of nitrogens with one attached hydrogen (secondary N) is 4. The van der Waals surface area contributed by atoms with Crippen LogP contribution in [0, 0.1) is 41.4 Å². The van der Waals surface area contributed by atoms with Crippen molar-refractivity contribution in [2.75, 3.05) is 75.5 Å². The third-order valence-electron chi connectivity index (χ3n) is 13.7. The Balaban J connectivity index is 3.95. The zero-order valence-electron chi connectivity index (χ0n) is 49.8. The Kier molecular flexibility index (Phi) is 28.7. The first-order valence-electron chi connectivity index (χ1n) is 26.8. The van der Waals surface area contributed by atoms with Gasteiger partial charge in [0.1, 0.15) is 48.4 Å². The number of rotatable bonds is 11. The summed E-state index contributed by atoms with van der Waals surface area (Å²) < 4.78 is 0. The number of aliphatic carboxylic acids is 1. The number of aliphatic hydroxyl groups is 1. The first-order valence-corrected chi connectivity index (χ1v) is 26.8. The molecule has 1 rings (SSSR count). The van der Waals surface area contributed by atoms with E-state index >= 15 is 0 Å². The van der Waals surface area contributed by atoms with E-state index in [1.54, 1.807) is 20.8 Å². The van der Waals surface area contributed by atoms with Gasteiger partial charge < -0.3 is 65.8 Å². The minimum atomic E-state index is -1.47. The lowest BCUT2D eigenvalue weighted by atomic mass is 9.94. The first kappa shape index (κ1) is 70.2. The monoisotopic (exact) mass is 1120 g/mol.